The van der Waals surface area contributed by atoms with Crippen LogP contribution < -0.4 is 11.1 Å². The maximum Gasteiger partial charge on any atom is 0.413 e. The molecule has 0 radical (unpaired) electrons. The van der Waals surface area contributed by atoms with Crippen molar-refractivity contribution in [1.29, 1.82) is 0 Å². The van der Waals surface area contributed by atoms with E-state index in [4.69, 9.17) is 20.2 Å². The summed E-state index contributed by atoms with van der Waals surface area (Å²) in [6, 6.07) is 12.1. The molecule has 10 nitrogen and oxygen atoms in total. The number of imidazole rings is 1. The van der Waals surface area contributed by atoms with Crippen LogP contribution in [0.4, 0.5) is 10.7 Å². The molecule has 1 aliphatic heterocycles. The van der Waals surface area contributed by atoms with Gasteiger partial charge in [-0.2, -0.15) is 0 Å². The van der Waals surface area contributed by atoms with Crippen molar-refractivity contribution in [1.82, 2.24) is 24.8 Å². The topological polar surface area (TPSA) is 131 Å². The number of amides is 1. The number of hydrogen-bond acceptors (Lipinski definition) is 8. The number of anilines is 1. The Morgan fingerprint density at radius 3 is 2.68 bits per heavy atom. The molecule has 0 spiro atoms. The van der Waals surface area contributed by atoms with Gasteiger partial charge in [0, 0.05) is 48.7 Å². The molecule has 198 valence electrons. The van der Waals surface area contributed by atoms with Crippen molar-refractivity contribution in [2.75, 3.05) is 38.2 Å². The molecule has 0 unspecified atom stereocenters. The number of aromatic amines is 1. The van der Waals surface area contributed by atoms with Gasteiger partial charge in [0.2, 0.25) is 5.95 Å². The number of H-pyrrole nitrogens is 1. The van der Waals surface area contributed by atoms with Gasteiger partial charge in [0.25, 0.3) is 0 Å². The van der Waals surface area contributed by atoms with Crippen molar-refractivity contribution < 1.29 is 14.3 Å². The highest BCUT2D eigenvalue weighted by atomic mass is 16.5. The zero-order chi connectivity index (χ0) is 26.7. The summed E-state index contributed by atoms with van der Waals surface area (Å²) in [4.78, 5) is 31.6. The summed E-state index contributed by atoms with van der Waals surface area (Å²) >= 11 is 0. The first kappa shape index (κ1) is 25.8. The Morgan fingerprint density at radius 1 is 1.16 bits per heavy atom. The van der Waals surface area contributed by atoms with Crippen LogP contribution in [0.2, 0.25) is 0 Å². The summed E-state index contributed by atoms with van der Waals surface area (Å²) in [5.41, 5.74) is 12.7. The van der Waals surface area contributed by atoms with Crippen molar-refractivity contribution in [3.63, 3.8) is 0 Å². The Balaban J connectivity index is 1.54. The predicted octanol–water partition coefficient (Wildman–Crippen LogP) is 4.28. The van der Waals surface area contributed by atoms with E-state index in [2.05, 4.69) is 37.3 Å². The second kappa shape index (κ2) is 10.9. The number of fused-ring (bicyclic) bond motifs is 1. The number of nitrogens with two attached hydrogens (primary N) is 1. The summed E-state index contributed by atoms with van der Waals surface area (Å²) in [5, 5.41) is 2.66. The Labute approximate surface area is 221 Å². The molecule has 5 rings (SSSR count). The molecule has 4 aromatic rings. The Morgan fingerprint density at radius 2 is 1.97 bits per heavy atom. The number of pyridine rings is 2. The second-order valence-electron chi connectivity index (χ2n) is 9.93. The number of rotatable bonds is 7. The van der Waals surface area contributed by atoms with E-state index in [9.17, 15) is 4.79 Å². The zero-order valence-electron chi connectivity index (χ0n) is 22.0. The normalized spacial score (nSPS) is 14.5. The number of ether oxygens (including phenoxy) is 2. The minimum Gasteiger partial charge on any atom is -0.450 e. The van der Waals surface area contributed by atoms with E-state index in [1.165, 1.54) is 0 Å². The number of morpholine rings is 1. The number of hydrogen-bond donors (Lipinski definition) is 3. The molecule has 3 aromatic heterocycles. The molecule has 0 bridgehead atoms. The van der Waals surface area contributed by atoms with Gasteiger partial charge in [-0.3, -0.25) is 20.2 Å². The van der Waals surface area contributed by atoms with Crippen molar-refractivity contribution in [2.45, 2.75) is 32.9 Å². The first-order chi connectivity index (χ1) is 18.3. The molecule has 0 saturated carbocycles. The van der Waals surface area contributed by atoms with E-state index < -0.39 is 11.6 Å². The number of carbonyl (C=O) groups is 1. The fourth-order valence-corrected chi connectivity index (χ4v) is 4.46. The van der Waals surface area contributed by atoms with E-state index in [1.54, 1.807) is 13.1 Å². The van der Waals surface area contributed by atoms with Gasteiger partial charge in [0.05, 0.1) is 42.2 Å². The van der Waals surface area contributed by atoms with Crippen LogP contribution >= 0.6 is 0 Å². The zero-order valence-corrected chi connectivity index (χ0v) is 22.0. The van der Waals surface area contributed by atoms with Crippen molar-refractivity contribution in [2.24, 2.45) is 5.73 Å². The fourth-order valence-electron chi connectivity index (χ4n) is 4.46. The van der Waals surface area contributed by atoms with Crippen LogP contribution in [-0.4, -0.2) is 63.8 Å². The number of aromatic nitrogens is 4. The molecule has 1 amide bonds. The molecule has 38 heavy (non-hydrogen) atoms. The van der Waals surface area contributed by atoms with Crippen LogP contribution in [0.15, 0.2) is 48.8 Å². The number of carbonyl (C=O) groups excluding carboxylic acids is 1. The van der Waals surface area contributed by atoms with E-state index in [1.807, 2.05) is 44.3 Å². The number of benzene rings is 1. The highest BCUT2D eigenvalue weighted by Gasteiger charge is 2.19. The third-order valence-electron chi connectivity index (χ3n) is 6.51. The first-order valence-corrected chi connectivity index (χ1v) is 12.8. The summed E-state index contributed by atoms with van der Waals surface area (Å²) in [6.07, 6.45) is 3.07. The largest absolute Gasteiger partial charge is 0.450 e. The maximum absolute atomic E-state index is 12.0. The Kier molecular flexibility index (Phi) is 7.37. The van der Waals surface area contributed by atoms with Gasteiger partial charge in [0.15, 0.2) is 0 Å². The third kappa shape index (κ3) is 5.83. The Hall–Kier alpha value is -3.86. The lowest BCUT2D eigenvalue weighted by Gasteiger charge is -2.26. The van der Waals surface area contributed by atoms with Crippen molar-refractivity contribution in [3.05, 3.63) is 60.0 Å². The van der Waals surface area contributed by atoms with Crippen LogP contribution in [0.3, 0.4) is 0 Å². The van der Waals surface area contributed by atoms with Gasteiger partial charge in [0.1, 0.15) is 0 Å². The molecule has 10 heteroatoms. The maximum atomic E-state index is 12.0. The van der Waals surface area contributed by atoms with E-state index in [0.717, 1.165) is 72.0 Å². The number of nitrogens with one attached hydrogen (secondary N) is 2. The predicted molar refractivity (Wildman–Crippen MR) is 147 cm³/mol. The lowest BCUT2D eigenvalue weighted by atomic mass is 9.94. The Bertz CT molecular complexity index is 1420. The molecule has 1 aliphatic rings. The lowest BCUT2D eigenvalue weighted by molar-refractivity contribution is 0.0336. The van der Waals surface area contributed by atoms with Gasteiger partial charge in [-0.15, -0.1) is 0 Å². The lowest BCUT2D eigenvalue weighted by Crippen LogP contribution is -2.35. The highest BCUT2D eigenvalue weighted by Crippen LogP contribution is 2.34. The smallest absolute Gasteiger partial charge is 0.413 e. The molecular weight excluding hydrogens is 482 g/mol. The fraction of sp³-hybridized carbons (Fsp3) is 0.357. The summed E-state index contributed by atoms with van der Waals surface area (Å²) in [5.74, 6) is 0.297. The third-order valence-corrected chi connectivity index (χ3v) is 6.51. The van der Waals surface area contributed by atoms with E-state index in [-0.39, 0.29) is 6.61 Å². The van der Waals surface area contributed by atoms with Crippen molar-refractivity contribution in [3.8, 4) is 22.4 Å². The van der Waals surface area contributed by atoms with E-state index >= 15 is 0 Å². The van der Waals surface area contributed by atoms with Gasteiger partial charge < -0.3 is 20.2 Å². The van der Waals surface area contributed by atoms with Crippen LogP contribution in [0.1, 0.15) is 32.0 Å². The number of nitrogens with zero attached hydrogens (tertiary/aromatic N) is 4. The van der Waals surface area contributed by atoms with Crippen LogP contribution in [0, 0.1) is 0 Å². The SMILES string of the molecule is CCOC(=O)Nc1nc2c(-c3cc(C(C)(C)N)ccn3)cc(-c3ccc(CN4CCOCC4)nc3)cc2[nH]1. The van der Waals surface area contributed by atoms with Gasteiger partial charge in [-0.25, -0.2) is 9.78 Å². The van der Waals surface area contributed by atoms with Crippen LogP contribution in [-0.2, 0) is 21.6 Å². The second-order valence-corrected chi connectivity index (χ2v) is 9.93. The minimum atomic E-state index is -0.571. The van der Waals surface area contributed by atoms with E-state index in [0.29, 0.717) is 11.5 Å². The highest BCUT2D eigenvalue weighted by molar-refractivity contribution is 5.97. The molecule has 0 aliphatic carbocycles. The molecule has 4 heterocycles. The average Bonchev–Trinajstić information content (AvgIpc) is 3.31. The molecule has 1 aromatic carbocycles. The minimum absolute atomic E-state index is 0.265. The molecule has 0 atom stereocenters. The molecule has 1 fully saturated rings. The van der Waals surface area contributed by atoms with Crippen LogP contribution in [0.25, 0.3) is 33.4 Å². The summed E-state index contributed by atoms with van der Waals surface area (Å²) < 4.78 is 10.5. The summed E-state index contributed by atoms with van der Waals surface area (Å²) in [6.45, 7) is 10.1. The first-order valence-electron chi connectivity index (χ1n) is 12.8. The molecular formula is C28H33N7O3. The van der Waals surface area contributed by atoms with Crippen molar-refractivity contribution >= 4 is 23.1 Å². The van der Waals surface area contributed by atoms with Crippen LogP contribution in [0.5, 0.6) is 0 Å². The molecule has 4 N–H and O–H groups in total. The summed E-state index contributed by atoms with van der Waals surface area (Å²) in [7, 11) is 0. The van der Waals surface area contributed by atoms with Gasteiger partial charge in [-0.1, -0.05) is 6.07 Å². The van der Waals surface area contributed by atoms with Gasteiger partial charge in [-0.05, 0) is 62.2 Å². The average molecular weight is 516 g/mol. The monoisotopic (exact) mass is 515 g/mol. The quantitative estimate of drug-likeness (QED) is 0.332. The van der Waals surface area contributed by atoms with Gasteiger partial charge >= 0.3 is 6.09 Å². The standard InChI is InChI=1S/C28H33N7O3/c1-4-38-27(36)34-26-32-24-14-19(18-5-6-21(31-16-18)17-35-9-11-37-12-10-35)13-22(25(24)33-26)23-15-20(7-8-30-23)28(2,3)29/h5-8,13-16H,4,9-12,17,29H2,1-3H3,(H2,32,33,34,36). The molecule has 1 saturated heterocycles.